The lowest BCUT2D eigenvalue weighted by Crippen LogP contribution is -2.49. The maximum absolute atomic E-state index is 14.1. The van der Waals surface area contributed by atoms with Gasteiger partial charge in [-0.2, -0.15) is 0 Å². The summed E-state index contributed by atoms with van der Waals surface area (Å²) in [6, 6.07) is 12.0. The SMILES string of the molecule is COc1ccc(OC)c([C@@H](C(=O)NC2CCCC2)N(C[C@@H]2CCCO2)C(=O)Cn2nnc3ccccc32)c1. The topological polar surface area (TPSA) is 108 Å². The number of methoxy groups -OCH3 is 2. The predicted octanol–water partition coefficient (Wildman–Crippen LogP) is 3.26. The Labute approximate surface area is 222 Å². The van der Waals surface area contributed by atoms with E-state index < -0.39 is 6.04 Å². The van der Waals surface area contributed by atoms with Gasteiger partial charge in [-0.25, -0.2) is 4.68 Å². The monoisotopic (exact) mass is 521 g/mol. The van der Waals surface area contributed by atoms with Gasteiger partial charge in [0.1, 0.15) is 29.6 Å². The first-order valence-electron chi connectivity index (χ1n) is 13.3. The fraction of sp³-hybridized carbons (Fsp3) is 0.500. The van der Waals surface area contributed by atoms with E-state index in [-0.39, 0.29) is 37.0 Å². The number of rotatable bonds is 10. The molecule has 1 aliphatic carbocycles. The molecule has 1 saturated carbocycles. The van der Waals surface area contributed by atoms with Crippen LogP contribution in [-0.4, -0.2) is 71.2 Å². The first-order chi connectivity index (χ1) is 18.6. The van der Waals surface area contributed by atoms with Gasteiger partial charge >= 0.3 is 0 Å². The van der Waals surface area contributed by atoms with Gasteiger partial charge in [0, 0.05) is 24.8 Å². The molecular formula is C28H35N5O5. The van der Waals surface area contributed by atoms with Crippen molar-refractivity contribution in [2.75, 3.05) is 27.4 Å². The summed E-state index contributed by atoms with van der Waals surface area (Å²) in [6.07, 6.45) is 5.59. The van der Waals surface area contributed by atoms with Crippen molar-refractivity contribution < 1.29 is 23.8 Å². The number of hydrogen-bond acceptors (Lipinski definition) is 7. The van der Waals surface area contributed by atoms with E-state index in [2.05, 4.69) is 15.6 Å². The zero-order valence-corrected chi connectivity index (χ0v) is 22.0. The molecule has 0 radical (unpaired) electrons. The Morgan fingerprint density at radius 3 is 2.66 bits per heavy atom. The Bertz CT molecular complexity index is 1270. The Morgan fingerprint density at radius 1 is 1.11 bits per heavy atom. The lowest BCUT2D eigenvalue weighted by atomic mass is 10.0. The van der Waals surface area contributed by atoms with Gasteiger partial charge in [0.05, 0.1) is 25.8 Å². The third-order valence-corrected chi connectivity index (χ3v) is 7.44. The zero-order chi connectivity index (χ0) is 26.5. The first kappa shape index (κ1) is 26.0. The number of fused-ring (bicyclic) bond motifs is 1. The fourth-order valence-electron chi connectivity index (χ4n) is 5.47. The molecule has 202 valence electrons. The van der Waals surface area contributed by atoms with Crippen LogP contribution in [0.1, 0.15) is 50.1 Å². The fourth-order valence-corrected chi connectivity index (χ4v) is 5.47. The second kappa shape index (κ2) is 11.8. The van der Waals surface area contributed by atoms with Crippen LogP contribution in [0.2, 0.25) is 0 Å². The van der Waals surface area contributed by atoms with Crippen molar-refractivity contribution >= 4 is 22.8 Å². The second-order valence-corrected chi connectivity index (χ2v) is 9.92. The number of para-hydroxylation sites is 1. The van der Waals surface area contributed by atoms with Gasteiger partial charge in [0.15, 0.2) is 0 Å². The summed E-state index contributed by atoms with van der Waals surface area (Å²) in [5, 5.41) is 11.6. The maximum atomic E-state index is 14.1. The summed E-state index contributed by atoms with van der Waals surface area (Å²) in [4.78, 5) is 29.7. The van der Waals surface area contributed by atoms with Crippen molar-refractivity contribution in [3.8, 4) is 11.5 Å². The summed E-state index contributed by atoms with van der Waals surface area (Å²) in [7, 11) is 3.13. The van der Waals surface area contributed by atoms with Crippen molar-refractivity contribution in [3.05, 3.63) is 48.0 Å². The number of nitrogens with one attached hydrogen (secondary N) is 1. The van der Waals surface area contributed by atoms with Crippen LogP contribution >= 0.6 is 0 Å². The molecule has 2 amide bonds. The Morgan fingerprint density at radius 2 is 1.92 bits per heavy atom. The number of ether oxygens (including phenoxy) is 3. The molecule has 0 bridgehead atoms. The van der Waals surface area contributed by atoms with Crippen LogP contribution in [0.4, 0.5) is 0 Å². The minimum Gasteiger partial charge on any atom is -0.497 e. The number of hydrogen-bond donors (Lipinski definition) is 1. The molecular weight excluding hydrogens is 486 g/mol. The molecule has 10 heteroatoms. The Balaban J connectivity index is 1.54. The summed E-state index contributed by atoms with van der Waals surface area (Å²) in [6.45, 7) is 0.850. The number of carbonyl (C=O) groups is 2. The van der Waals surface area contributed by atoms with Crippen molar-refractivity contribution in [2.24, 2.45) is 0 Å². The molecule has 38 heavy (non-hydrogen) atoms. The third-order valence-electron chi connectivity index (χ3n) is 7.44. The van der Waals surface area contributed by atoms with E-state index >= 15 is 0 Å². The van der Waals surface area contributed by atoms with Crippen LogP contribution in [0.3, 0.4) is 0 Å². The Hall–Kier alpha value is -3.66. The average molecular weight is 522 g/mol. The van der Waals surface area contributed by atoms with E-state index in [9.17, 15) is 9.59 Å². The van der Waals surface area contributed by atoms with Crippen molar-refractivity contribution in [1.82, 2.24) is 25.2 Å². The molecule has 1 aromatic heterocycles. The van der Waals surface area contributed by atoms with Crippen molar-refractivity contribution in [1.29, 1.82) is 0 Å². The molecule has 1 aliphatic heterocycles. The zero-order valence-electron chi connectivity index (χ0n) is 22.0. The maximum Gasteiger partial charge on any atom is 0.247 e. The molecule has 2 atom stereocenters. The van der Waals surface area contributed by atoms with Gasteiger partial charge < -0.3 is 24.4 Å². The smallest absolute Gasteiger partial charge is 0.247 e. The standard InChI is InChI=1S/C28H35N5O5/c1-36-20-13-14-25(37-2)22(16-20)27(28(35)29-19-8-3-4-9-19)32(17-21-10-7-15-38-21)26(34)18-33-24-12-6-5-11-23(24)30-31-33/h5-6,11-14,16,19,21,27H,3-4,7-10,15,17-18H2,1-2H3,(H,29,35)/t21-,27-/m0/s1. The molecule has 0 unspecified atom stereocenters. The minimum absolute atomic E-state index is 0.0628. The van der Waals surface area contributed by atoms with Crippen LogP contribution in [0, 0.1) is 0 Å². The van der Waals surface area contributed by atoms with E-state index in [1.807, 2.05) is 24.3 Å². The van der Waals surface area contributed by atoms with E-state index in [1.165, 1.54) is 0 Å². The molecule has 10 nitrogen and oxygen atoms in total. The molecule has 2 fully saturated rings. The van der Waals surface area contributed by atoms with Crippen LogP contribution in [0.25, 0.3) is 11.0 Å². The highest BCUT2D eigenvalue weighted by Crippen LogP contribution is 2.35. The van der Waals surface area contributed by atoms with E-state index in [0.29, 0.717) is 29.2 Å². The number of carbonyl (C=O) groups excluding carboxylic acids is 2. The van der Waals surface area contributed by atoms with Crippen molar-refractivity contribution in [3.63, 3.8) is 0 Å². The van der Waals surface area contributed by atoms with Gasteiger partial charge in [-0.3, -0.25) is 9.59 Å². The highest BCUT2D eigenvalue weighted by Gasteiger charge is 2.37. The van der Waals surface area contributed by atoms with E-state index in [1.54, 1.807) is 42.0 Å². The predicted molar refractivity (Wildman–Crippen MR) is 141 cm³/mol. The van der Waals surface area contributed by atoms with E-state index in [4.69, 9.17) is 14.2 Å². The van der Waals surface area contributed by atoms with Crippen LogP contribution in [-0.2, 0) is 20.9 Å². The highest BCUT2D eigenvalue weighted by atomic mass is 16.5. The molecule has 1 N–H and O–H groups in total. The second-order valence-electron chi connectivity index (χ2n) is 9.92. The largest absolute Gasteiger partial charge is 0.497 e. The van der Waals surface area contributed by atoms with Gasteiger partial charge in [0.25, 0.3) is 0 Å². The molecule has 1 saturated heterocycles. The molecule has 5 rings (SSSR count). The van der Waals surface area contributed by atoms with Gasteiger partial charge in [-0.15, -0.1) is 5.10 Å². The summed E-state index contributed by atoms with van der Waals surface area (Å²) >= 11 is 0. The van der Waals surface area contributed by atoms with Gasteiger partial charge in [-0.05, 0) is 56.0 Å². The lowest BCUT2D eigenvalue weighted by Gasteiger charge is -2.34. The third kappa shape index (κ3) is 5.60. The summed E-state index contributed by atoms with van der Waals surface area (Å²) in [5.74, 6) is 0.589. The number of nitrogens with zero attached hydrogens (tertiary/aromatic N) is 4. The van der Waals surface area contributed by atoms with Crippen LogP contribution in [0.5, 0.6) is 11.5 Å². The summed E-state index contributed by atoms with van der Waals surface area (Å²) < 4.78 is 18.7. The molecule has 2 heterocycles. The Kier molecular flexibility index (Phi) is 8.07. The molecule has 3 aromatic rings. The number of benzene rings is 2. The van der Waals surface area contributed by atoms with Gasteiger partial charge in [0.2, 0.25) is 11.8 Å². The van der Waals surface area contributed by atoms with Crippen LogP contribution in [0.15, 0.2) is 42.5 Å². The summed E-state index contributed by atoms with van der Waals surface area (Å²) in [5.41, 5.74) is 2.02. The van der Waals surface area contributed by atoms with Crippen molar-refractivity contribution in [2.45, 2.75) is 63.3 Å². The van der Waals surface area contributed by atoms with E-state index in [0.717, 1.165) is 44.0 Å². The lowest BCUT2D eigenvalue weighted by molar-refractivity contribution is -0.143. The molecule has 0 spiro atoms. The van der Waals surface area contributed by atoms with Gasteiger partial charge in [-0.1, -0.05) is 30.2 Å². The molecule has 2 aromatic carbocycles. The minimum atomic E-state index is -0.938. The molecule has 2 aliphatic rings. The normalized spacial score (nSPS) is 18.4. The average Bonchev–Trinajstić information content (AvgIpc) is 3.72. The first-order valence-corrected chi connectivity index (χ1v) is 13.3. The van der Waals surface area contributed by atoms with Crippen LogP contribution < -0.4 is 14.8 Å². The number of amides is 2. The number of aromatic nitrogens is 3. The highest BCUT2D eigenvalue weighted by molar-refractivity contribution is 5.90. The quantitative estimate of drug-likeness (QED) is 0.436.